The van der Waals surface area contributed by atoms with E-state index in [9.17, 15) is 4.79 Å². The number of anilines is 2. The summed E-state index contributed by atoms with van der Waals surface area (Å²) in [5.41, 5.74) is 4.26. The number of hydrogen-bond donors (Lipinski definition) is 2. The highest BCUT2D eigenvalue weighted by Gasteiger charge is 2.32. The van der Waals surface area contributed by atoms with Crippen LogP contribution in [0.1, 0.15) is 39.4 Å². The van der Waals surface area contributed by atoms with Crippen molar-refractivity contribution < 1.29 is 18.7 Å². The lowest BCUT2D eigenvalue weighted by Crippen LogP contribution is -2.38. The van der Waals surface area contributed by atoms with Gasteiger partial charge >= 0.3 is 0 Å². The quantitative estimate of drug-likeness (QED) is 0.279. The van der Waals surface area contributed by atoms with Gasteiger partial charge in [-0.3, -0.25) is 4.79 Å². The number of nitrogens with one attached hydrogen (secondary N) is 2. The molecule has 1 aliphatic heterocycles. The van der Waals surface area contributed by atoms with Crippen LogP contribution in [0, 0.1) is 6.92 Å². The zero-order chi connectivity index (χ0) is 27.4. The highest BCUT2D eigenvalue weighted by molar-refractivity contribution is 6.91. The van der Waals surface area contributed by atoms with Crippen LogP contribution in [-0.4, -0.2) is 70.3 Å². The monoisotopic (exact) mass is 537 g/mol. The van der Waals surface area contributed by atoms with E-state index in [0.717, 1.165) is 18.7 Å². The number of carbonyl (C=O) groups excluding carboxylic acids is 1. The van der Waals surface area contributed by atoms with Gasteiger partial charge < -0.3 is 29.4 Å². The van der Waals surface area contributed by atoms with Crippen molar-refractivity contribution in [2.75, 3.05) is 52.0 Å². The second-order valence-electron chi connectivity index (χ2n) is 10.7. The lowest BCUT2D eigenvalue weighted by molar-refractivity contribution is 0.0994. The maximum absolute atomic E-state index is 13.1. The first-order chi connectivity index (χ1) is 18.1. The summed E-state index contributed by atoms with van der Waals surface area (Å²) >= 11 is 0. The van der Waals surface area contributed by atoms with E-state index in [-0.39, 0.29) is 23.2 Å². The number of furan rings is 1. The van der Waals surface area contributed by atoms with Gasteiger partial charge in [-0.1, -0.05) is 30.4 Å². The Balaban J connectivity index is 1.47. The van der Waals surface area contributed by atoms with E-state index in [1.807, 2.05) is 20.2 Å². The minimum absolute atomic E-state index is 0.198. The maximum atomic E-state index is 13.1. The third kappa shape index (κ3) is 6.19. The number of rotatable bonds is 11. The summed E-state index contributed by atoms with van der Waals surface area (Å²) in [6.45, 7) is 8.65. The van der Waals surface area contributed by atoms with E-state index < -0.39 is 14.0 Å². The average molecular weight is 538 g/mol. The fraction of sp³-hybridized carbons (Fsp3) is 0.464. The Labute approximate surface area is 226 Å². The van der Waals surface area contributed by atoms with Crippen molar-refractivity contribution in [3.8, 4) is 11.8 Å². The van der Waals surface area contributed by atoms with Gasteiger partial charge in [0.25, 0.3) is 5.91 Å². The molecule has 0 saturated heterocycles. The second kappa shape index (κ2) is 11.6. The molecule has 1 aliphatic rings. The Bertz CT molecular complexity index is 1280. The summed E-state index contributed by atoms with van der Waals surface area (Å²) in [5, 5.41) is 7.53. The van der Waals surface area contributed by atoms with E-state index in [4.69, 9.17) is 13.9 Å². The van der Waals surface area contributed by atoms with Crippen LogP contribution in [0.25, 0.3) is 0 Å². The summed E-state index contributed by atoms with van der Waals surface area (Å²) < 4.78 is 16.8. The highest BCUT2D eigenvalue weighted by atomic mass is 28.3. The van der Waals surface area contributed by atoms with Crippen LogP contribution in [0.3, 0.4) is 0 Å². The van der Waals surface area contributed by atoms with Crippen LogP contribution in [0.15, 0.2) is 28.7 Å². The average Bonchev–Trinajstić information content (AvgIpc) is 3.46. The molecule has 10 heteroatoms. The number of aryl methyl sites for hydroxylation is 2. The zero-order valence-corrected chi connectivity index (χ0v) is 24.5. The number of nitrogens with zero attached hydrogens (tertiary/aromatic N) is 3. The highest BCUT2D eigenvalue weighted by Crippen LogP contribution is 2.33. The lowest BCUT2D eigenvalue weighted by atomic mass is 10.0. The van der Waals surface area contributed by atoms with Gasteiger partial charge in [0.1, 0.15) is 5.76 Å². The summed E-state index contributed by atoms with van der Waals surface area (Å²) in [6, 6.07) is 9.56. The number of carbonyl (C=O) groups is 1. The number of ether oxygens (including phenoxy) is 2. The molecule has 0 atom stereocenters. The molecule has 2 N–H and O–H groups in total. The number of hydrogen-bond acceptors (Lipinski definition) is 8. The van der Waals surface area contributed by atoms with Gasteiger partial charge in [-0.15, -0.1) is 0 Å². The van der Waals surface area contributed by atoms with Gasteiger partial charge in [-0.05, 0) is 75.3 Å². The van der Waals surface area contributed by atoms with Crippen LogP contribution in [-0.2, 0) is 12.8 Å². The smallest absolute Gasteiger partial charge is 0.291 e. The van der Waals surface area contributed by atoms with Crippen LogP contribution >= 0.6 is 0 Å². The molecule has 4 rings (SSSR count). The van der Waals surface area contributed by atoms with Gasteiger partial charge in [0, 0.05) is 13.0 Å². The van der Waals surface area contributed by atoms with Gasteiger partial charge in [0.2, 0.25) is 17.7 Å². The number of amides is 1. The normalized spacial score (nSPS) is 13.9. The predicted molar refractivity (Wildman–Crippen MR) is 153 cm³/mol. The second-order valence-corrected chi connectivity index (χ2v) is 15.5. The standard InChI is InChI=1S/C28H39N5O4Si/c1-18-15-19-11-14-38(6,7)23(19)17-20(18)16-21-9-10-22(37-21)25(34)30-24-26(35-4)31-28(32-27(24)36-5)29-12-8-13-33(2)3/h9-10,15,17H,8,11-14,16H2,1-7H3,(H,30,34)(H,29,31,32). The number of benzene rings is 1. The molecule has 1 aromatic carbocycles. The van der Waals surface area contributed by atoms with E-state index in [1.165, 1.54) is 43.4 Å². The van der Waals surface area contributed by atoms with Crippen LogP contribution in [0.2, 0.25) is 19.1 Å². The summed E-state index contributed by atoms with van der Waals surface area (Å²) in [4.78, 5) is 24.0. The number of aromatic nitrogens is 2. The van der Waals surface area contributed by atoms with Crippen molar-refractivity contribution in [3.63, 3.8) is 0 Å². The Morgan fingerprint density at radius 2 is 1.84 bits per heavy atom. The van der Waals surface area contributed by atoms with Crippen molar-refractivity contribution >= 4 is 30.8 Å². The van der Waals surface area contributed by atoms with Gasteiger partial charge in [0.05, 0.1) is 22.3 Å². The molecule has 38 heavy (non-hydrogen) atoms. The van der Waals surface area contributed by atoms with Crippen LogP contribution in [0.4, 0.5) is 11.6 Å². The first-order valence-electron chi connectivity index (χ1n) is 13.0. The molecular weight excluding hydrogens is 498 g/mol. The molecule has 204 valence electrons. The SMILES string of the molecule is COc1nc(NCCCN(C)C)nc(OC)c1NC(=O)c1ccc(Cc2cc3c(cc2C)CC[Si]3(C)C)o1. The minimum Gasteiger partial charge on any atom is -0.479 e. The number of fused-ring (bicyclic) bond motifs is 1. The van der Waals surface area contributed by atoms with E-state index >= 15 is 0 Å². The molecule has 0 saturated carbocycles. The largest absolute Gasteiger partial charge is 0.479 e. The van der Waals surface area contributed by atoms with Gasteiger partial charge in [-0.2, -0.15) is 9.97 Å². The fourth-order valence-corrected chi connectivity index (χ4v) is 7.67. The van der Waals surface area contributed by atoms with E-state index in [0.29, 0.717) is 18.9 Å². The predicted octanol–water partition coefficient (Wildman–Crippen LogP) is 4.07. The first kappa shape index (κ1) is 27.7. The molecule has 9 nitrogen and oxygen atoms in total. The Morgan fingerprint density at radius 1 is 1.13 bits per heavy atom. The molecule has 2 aromatic heterocycles. The van der Waals surface area contributed by atoms with Crippen molar-refractivity contribution in [3.05, 3.63) is 52.5 Å². The van der Waals surface area contributed by atoms with E-state index in [2.05, 4.69) is 57.7 Å². The third-order valence-corrected chi connectivity index (χ3v) is 10.5. The molecule has 0 radical (unpaired) electrons. The summed E-state index contributed by atoms with van der Waals surface area (Å²) in [5.74, 6) is 1.28. The molecule has 0 bridgehead atoms. The molecule has 3 aromatic rings. The molecule has 0 spiro atoms. The number of methoxy groups -OCH3 is 2. The molecule has 1 amide bonds. The van der Waals surface area contributed by atoms with Crippen LogP contribution in [0.5, 0.6) is 11.8 Å². The topological polar surface area (TPSA) is 102 Å². The van der Waals surface area contributed by atoms with E-state index in [1.54, 1.807) is 11.3 Å². The lowest BCUT2D eigenvalue weighted by Gasteiger charge is -2.18. The van der Waals surface area contributed by atoms with Crippen molar-refractivity contribution in [1.82, 2.24) is 14.9 Å². The first-order valence-corrected chi connectivity index (χ1v) is 16.2. The molecule has 0 fully saturated rings. The maximum Gasteiger partial charge on any atom is 0.291 e. The third-order valence-electron chi connectivity index (χ3n) is 7.09. The van der Waals surface area contributed by atoms with Crippen molar-refractivity contribution in [1.29, 1.82) is 0 Å². The van der Waals surface area contributed by atoms with Crippen molar-refractivity contribution in [2.45, 2.75) is 45.3 Å². The fourth-order valence-electron chi connectivity index (χ4n) is 4.88. The van der Waals surface area contributed by atoms with Crippen molar-refractivity contribution in [2.24, 2.45) is 0 Å². The molecule has 3 heterocycles. The zero-order valence-electron chi connectivity index (χ0n) is 23.5. The molecule has 0 aliphatic carbocycles. The Hall–Kier alpha value is -3.37. The van der Waals surface area contributed by atoms with Gasteiger partial charge in [-0.25, -0.2) is 0 Å². The Kier molecular flexibility index (Phi) is 8.42. The van der Waals surface area contributed by atoms with Gasteiger partial charge in [0.15, 0.2) is 11.4 Å². The minimum atomic E-state index is -1.36. The summed E-state index contributed by atoms with van der Waals surface area (Å²) in [6.07, 6.45) is 2.75. The van der Waals surface area contributed by atoms with Crippen LogP contribution < -0.4 is 25.3 Å². The molecule has 0 unspecified atom stereocenters. The molecular formula is C28H39N5O4Si. The Morgan fingerprint density at radius 3 is 2.50 bits per heavy atom. The summed E-state index contributed by atoms with van der Waals surface area (Å²) in [7, 11) is 5.66.